The van der Waals surface area contributed by atoms with Crippen LogP contribution in [-0.4, -0.2) is 47.4 Å². The third kappa shape index (κ3) is 65.2. The predicted octanol–water partition coefficient (Wildman–Crippen LogP) is 23.5. The van der Waals surface area contributed by atoms with Gasteiger partial charge in [-0.2, -0.15) is 0 Å². The molecule has 6 heteroatoms. The van der Waals surface area contributed by atoms with Gasteiger partial charge >= 0.3 is 5.97 Å². The zero-order chi connectivity index (χ0) is 57.8. The topological polar surface area (TPSA) is 95.9 Å². The van der Waals surface area contributed by atoms with E-state index in [1.165, 1.54) is 327 Å². The number of nitrogens with one attached hydrogen (secondary N) is 1. The average molecular weight is 1120 g/mol. The Labute approximate surface area is 500 Å². The summed E-state index contributed by atoms with van der Waals surface area (Å²) in [6.45, 7) is 4.93. The molecule has 80 heavy (non-hydrogen) atoms. The normalized spacial score (nSPS) is 12.7. The zero-order valence-corrected chi connectivity index (χ0v) is 54.1. The van der Waals surface area contributed by atoms with E-state index in [-0.39, 0.29) is 18.5 Å². The van der Waals surface area contributed by atoms with Crippen molar-refractivity contribution in [3.8, 4) is 0 Å². The van der Waals surface area contributed by atoms with E-state index in [9.17, 15) is 19.8 Å². The maximum Gasteiger partial charge on any atom is 0.305 e. The molecule has 0 aliphatic rings. The number of carbonyl (C=O) groups is 2. The molecule has 0 aromatic rings. The molecule has 0 fully saturated rings. The van der Waals surface area contributed by atoms with Crippen LogP contribution in [0.5, 0.6) is 0 Å². The molecule has 472 valence electrons. The van der Waals surface area contributed by atoms with E-state index >= 15 is 0 Å². The summed E-state index contributed by atoms with van der Waals surface area (Å²) in [6, 6.07) is -0.626. The first-order chi connectivity index (χ1) is 39.5. The van der Waals surface area contributed by atoms with E-state index in [0.29, 0.717) is 19.4 Å². The molecule has 0 aromatic heterocycles. The minimum absolute atomic E-state index is 0.0149. The quantitative estimate of drug-likeness (QED) is 0.0320. The Bertz CT molecular complexity index is 1300. The molecule has 6 nitrogen and oxygen atoms in total. The fourth-order valence-corrected chi connectivity index (χ4v) is 11.3. The molecular formula is C74H141NO5. The summed E-state index contributed by atoms with van der Waals surface area (Å²) in [5.41, 5.74) is 0. The monoisotopic (exact) mass is 1120 g/mol. The van der Waals surface area contributed by atoms with Gasteiger partial charge in [0.05, 0.1) is 25.4 Å². The van der Waals surface area contributed by atoms with Gasteiger partial charge in [-0.1, -0.05) is 339 Å². The van der Waals surface area contributed by atoms with Crippen LogP contribution in [0.2, 0.25) is 0 Å². The van der Waals surface area contributed by atoms with Crippen LogP contribution in [0.4, 0.5) is 0 Å². The van der Waals surface area contributed by atoms with Crippen molar-refractivity contribution < 1.29 is 24.5 Å². The Morgan fingerprint density at radius 3 is 0.887 bits per heavy atom. The molecule has 0 saturated carbocycles. The number of carbonyl (C=O) groups excluding carboxylic acids is 2. The molecule has 0 aliphatic carbocycles. The van der Waals surface area contributed by atoms with Crippen LogP contribution in [0.25, 0.3) is 0 Å². The van der Waals surface area contributed by atoms with Crippen molar-refractivity contribution in [3.05, 3.63) is 36.5 Å². The molecule has 2 unspecified atom stereocenters. The van der Waals surface area contributed by atoms with Crippen molar-refractivity contribution in [1.82, 2.24) is 5.32 Å². The number of rotatable bonds is 68. The van der Waals surface area contributed by atoms with Gasteiger partial charge in [-0.05, 0) is 83.5 Å². The van der Waals surface area contributed by atoms with Crippen LogP contribution < -0.4 is 5.32 Å². The van der Waals surface area contributed by atoms with Crippen LogP contribution in [0.15, 0.2) is 36.5 Å². The van der Waals surface area contributed by atoms with Crippen molar-refractivity contribution in [3.63, 3.8) is 0 Å². The Kier molecular flexibility index (Phi) is 67.9. The van der Waals surface area contributed by atoms with Crippen molar-refractivity contribution in [1.29, 1.82) is 0 Å². The van der Waals surface area contributed by atoms with Crippen LogP contribution in [0.3, 0.4) is 0 Å². The fraction of sp³-hybridized carbons (Fsp3) is 0.892. The van der Waals surface area contributed by atoms with Gasteiger partial charge in [0.15, 0.2) is 0 Å². The zero-order valence-electron chi connectivity index (χ0n) is 54.1. The number of amides is 1. The molecular weight excluding hydrogens is 983 g/mol. The number of hydrogen-bond acceptors (Lipinski definition) is 5. The molecule has 0 bridgehead atoms. The Hall–Kier alpha value is -1.92. The Morgan fingerprint density at radius 1 is 0.338 bits per heavy atom. The van der Waals surface area contributed by atoms with Gasteiger partial charge in [0.25, 0.3) is 0 Å². The minimum atomic E-state index is -0.843. The first-order valence-corrected chi connectivity index (χ1v) is 36.3. The lowest BCUT2D eigenvalue weighted by Gasteiger charge is -2.20. The molecule has 0 radical (unpaired) electrons. The van der Waals surface area contributed by atoms with Gasteiger partial charge in [-0.15, -0.1) is 0 Å². The van der Waals surface area contributed by atoms with E-state index in [1.807, 2.05) is 6.08 Å². The molecule has 0 spiro atoms. The standard InChI is InChI=1S/C74H141NO5/c1-3-5-7-9-11-13-15-17-19-20-37-40-44-48-52-56-60-64-68-74(79)80-69-65-61-57-53-49-45-41-38-35-33-31-29-27-25-23-21-22-24-26-28-30-32-34-36-39-43-47-51-55-59-63-67-73(78)75-71(70-76)72(77)66-62-58-54-50-46-42-18-16-14-12-10-8-6-4-2/h19-20,23,25,62,66,71-72,76-77H,3-18,21-22,24,26-61,63-65,67-70H2,1-2H3,(H,75,78)/b20-19-,25-23-,66-62+. The second kappa shape index (κ2) is 69.6. The summed E-state index contributed by atoms with van der Waals surface area (Å²) in [4.78, 5) is 24.6. The lowest BCUT2D eigenvalue weighted by molar-refractivity contribution is -0.143. The maximum absolute atomic E-state index is 12.5. The molecule has 0 saturated heterocycles. The molecule has 3 N–H and O–H groups in total. The number of esters is 1. The first kappa shape index (κ1) is 78.1. The smallest absolute Gasteiger partial charge is 0.305 e. The third-order valence-electron chi connectivity index (χ3n) is 16.9. The third-order valence-corrected chi connectivity index (χ3v) is 16.9. The SMILES string of the molecule is CCCCCCCCC/C=C\CCCCCCCCCC(=O)OCCCCCCCCCCCCCC/C=C\CCCCCCCCCCCCCCCCCC(=O)NC(CO)C(O)/C=C/CCCCCCCCCCCCCC. The van der Waals surface area contributed by atoms with Crippen molar-refractivity contribution >= 4 is 11.9 Å². The van der Waals surface area contributed by atoms with E-state index in [4.69, 9.17) is 4.74 Å². The molecule has 0 aliphatic heterocycles. The number of unbranched alkanes of at least 4 members (excludes halogenated alkanes) is 53. The van der Waals surface area contributed by atoms with E-state index in [0.717, 1.165) is 44.9 Å². The molecule has 0 heterocycles. The highest BCUT2D eigenvalue weighted by Crippen LogP contribution is 2.18. The van der Waals surface area contributed by atoms with Gasteiger partial charge < -0.3 is 20.3 Å². The lowest BCUT2D eigenvalue weighted by Crippen LogP contribution is -2.45. The Balaban J connectivity index is 3.36. The number of ether oxygens (including phenoxy) is 1. The summed E-state index contributed by atoms with van der Waals surface area (Å²) in [7, 11) is 0. The van der Waals surface area contributed by atoms with Crippen molar-refractivity contribution in [2.75, 3.05) is 13.2 Å². The summed E-state index contributed by atoms with van der Waals surface area (Å²) in [5, 5.41) is 23.1. The van der Waals surface area contributed by atoms with Crippen LogP contribution in [0.1, 0.15) is 399 Å². The average Bonchev–Trinajstić information content (AvgIpc) is 3.46. The number of aliphatic hydroxyl groups excluding tert-OH is 2. The molecule has 0 rings (SSSR count). The lowest BCUT2D eigenvalue weighted by atomic mass is 10.0. The van der Waals surface area contributed by atoms with Gasteiger partial charge in [-0.3, -0.25) is 9.59 Å². The highest BCUT2D eigenvalue weighted by atomic mass is 16.5. The van der Waals surface area contributed by atoms with Gasteiger partial charge in [-0.25, -0.2) is 0 Å². The number of hydrogen-bond donors (Lipinski definition) is 3. The summed E-state index contributed by atoms with van der Waals surface area (Å²) >= 11 is 0. The first-order valence-electron chi connectivity index (χ1n) is 36.3. The number of allylic oxidation sites excluding steroid dienone is 5. The summed E-state index contributed by atoms with van der Waals surface area (Å²) in [6.07, 6.45) is 89.5. The van der Waals surface area contributed by atoms with Crippen molar-refractivity contribution in [2.24, 2.45) is 0 Å². The fourth-order valence-electron chi connectivity index (χ4n) is 11.3. The Morgan fingerprint density at radius 2 is 0.588 bits per heavy atom. The maximum atomic E-state index is 12.5. The van der Waals surface area contributed by atoms with E-state index < -0.39 is 12.1 Å². The summed E-state index contributed by atoms with van der Waals surface area (Å²) < 4.78 is 5.51. The highest BCUT2D eigenvalue weighted by molar-refractivity contribution is 5.76. The van der Waals surface area contributed by atoms with Crippen LogP contribution in [-0.2, 0) is 14.3 Å². The highest BCUT2D eigenvalue weighted by Gasteiger charge is 2.18. The van der Waals surface area contributed by atoms with Gasteiger partial charge in [0.2, 0.25) is 5.91 Å². The second-order valence-electron chi connectivity index (χ2n) is 24.9. The predicted molar refractivity (Wildman–Crippen MR) is 352 cm³/mol. The second-order valence-corrected chi connectivity index (χ2v) is 24.9. The van der Waals surface area contributed by atoms with E-state index in [2.05, 4.69) is 43.5 Å². The van der Waals surface area contributed by atoms with Crippen LogP contribution in [0, 0.1) is 0 Å². The van der Waals surface area contributed by atoms with Gasteiger partial charge in [0.1, 0.15) is 0 Å². The van der Waals surface area contributed by atoms with Gasteiger partial charge in [0, 0.05) is 12.8 Å². The van der Waals surface area contributed by atoms with Crippen molar-refractivity contribution in [2.45, 2.75) is 411 Å². The summed E-state index contributed by atoms with van der Waals surface area (Å²) in [5.74, 6) is -0.0492. The largest absolute Gasteiger partial charge is 0.466 e. The van der Waals surface area contributed by atoms with E-state index in [1.54, 1.807) is 6.08 Å². The minimum Gasteiger partial charge on any atom is -0.466 e. The number of aliphatic hydroxyl groups is 2. The molecule has 2 atom stereocenters. The molecule has 1 amide bonds. The van der Waals surface area contributed by atoms with Crippen LogP contribution >= 0.6 is 0 Å². The molecule has 0 aromatic carbocycles.